The van der Waals surface area contributed by atoms with Crippen LogP contribution in [-0.2, 0) is 11.3 Å². The molecule has 0 atom stereocenters. The number of hydrogen-bond acceptors (Lipinski definition) is 3. The van der Waals surface area contributed by atoms with Crippen LogP contribution >= 0.6 is 0 Å². The summed E-state index contributed by atoms with van der Waals surface area (Å²) in [6, 6.07) is 7.46. The third-order valence-corrected chi connectivity index (χ3v) is 1.82. The normalized spacial score (nSPS) is 9.86. The Morgan fingerprint density at radius 2 is 2.14 bits per heavy atom. The van der Waals surface area contributed by atoms with Crippen LogP contribution in [-0.4, -0.2) is 12.5 Å². The number of hydrogen-bond donors (Lipinski definition) is 3. The highest BCUT2D eigenvalue weighted by Gasteiger charge is 2.00. The van der Waals surface area contributed by atoms with Crippen LogP contribution in [0.1, 0.15) is 12.0 Å². The molecular formula is C10H15N3O. The predicted molar refractivity (Wildman–Crippen MR) is 56.6 cm³/mol. The third-order valence-electron chi connectivity index (χ3n) is 1.82. The molecule has 0 saturated heterocycles. The fraction of sp³-hybridized carbons (Fsp3) is 0.300. The zero-order valence-corrected chi connectivity index (χ0v) is 7.99. The number of carbonyl (C=O) groups is 1. The van der Waals surface area contributed by atoms with E-state index in [2.05, 4.69) is 5.32 Å². The van der Waals surface area contributed by atoms with Gasteiger partial charge in [-0.2, -0.15) is 0 Å². The first-order valence-electron chi connectivity index (χ1n) is 4.55. The van der Waals surface area contributed by atoms with Gasteiger partial charge in [-0.25, -0.2) is 0 Å². The van der Waals surface area contributed by atoms with Gasteiger partial charge >= 0.3 is 0 Å². The number of benzene rings is 1. The van der Waals surface area contributed by atoms with E-state index in [0.717, 1.165) is 11.3 Å². The molecule has 5 N–H and O–H groups in total. The van der Waals surface area contributed by atoms with Gasteiger partial charge in [0.15, 0.2) is 0 Å². The van der Waals surface area contributed by atoms with E-state index in [-0.39, 0.29) is 5.91 Å². The molecule has 0 aromatic heterocycles. The smallest absolute Gasteiger partial charge is 0.225 e. The number of anilines is 1. The molecule has 4 heteroatoms. The topological polar surface area (TPSA) is 81.1 Å². The Bertz CT molecular complexity index is 312. The van der Waals surface area contributed by atoms with E-state index in [1.807, 2.05) is 24.3 Å². The summed E-state index contributed by atoms with van der Waals surface area (Å²) in [5, 5.41) is 2.74. The summed E-state index contributed by atoms with van der Waals surface area (Å²) in [6.45, 7) is 0.836. The van der Waals surface area contributed by atoms with E-state index in [1.54, 1.807) is 0 Å². The summed E-state index contributed by atoms with van der Waals surface area (Å²) in [4.78, 5) is 11.2. The summed E-state index contributed by atoms with van der Waals surface area (Å²) in [5.41, 5.74) is 12.5. The molecule has 0 fully saturated rings. The maximum atomic E-state index is 11.2. The van der Waals surface area contributed by atoms with Crippen LogP contribution < -0.4 is 16.8 Å². The molecule has 0 saturated carbocycles. The summed E-state index contributed by atoms with van der Waals surface area (Å²) in [7, 11) is 0. The quantitative estimate of drug-likeness (QED) is 0.648. The van der Waals surface area contributed by atoms with E-state index in [9.17, 15) is 4.79 Å². The number of amides is 1. The minimum atomic E-state index is -0.0679. The monoisotopic (exact) mass is 193 g/mol. The van der Waals surface area contributed by atoms with E-state index in [4.69, 9.17) is 11.5 Å². The van der Waals surface area contributed by atoms with Crippen LogP contribution in [0.4, 0.5) is 5.69 Å². The minimum Gasteiger partial charge on any atom is -0.330 e. The van der Waals surface area contributed by atoms with E-state index in [1.165, 1.54) is 0 Å². The number of nitrogens with two attached hydrogens (primary N) is 2. The first-order valence-corrected chi connectivity index (χ1v) is 4.55. The van der Waals surface area contributed by atoms with Crippen LogP contribution in [0, 0.1) is 0 Å². The Labute approximate surface area is 83.3 Å². The van der Waals surface area contributed by atoms with Crippen molar-refractivity contribution in [2.45, 2.75) is 13.0 Å². The fourth-order valence-electron chi connectivity index (χ4n) is 1.13. The van der Waals surface area contributed by atoms with Gasteiger partial charge in [0.2, 0.25) is 5.91 Å². The Kier molecular flexibility index (Phi) is 4.10. The molecule has 76 valence electrons. The summed E-state index contributed by atoms with van der Waals surface area (Å²) >= 11 is 0. The van der Waals surface area contributed by atoms with Gasteiger partial charge in [-0.05, 0) is 17.7 Å². The van der Waals surface area contributed by atoms with Crippen molar-refractivity contribution in [2.75, 3.05) is 11.9 Å². The lowest BCUT2D eigenvalue weighted by Gasteiger charge is -2.05. The lowest BCUT2D eigenvalue weighted by Crippen LogP contribution is -2.16. The van der Waals surface area contributed by atoms with Crippen molar-refractivity contribution in [3.63, 3.8) is 0 Å². The molecule has 0 spiro atoms. The number of carbonyl (C=O) groups excluding carboxylic acids is 1. The van der Waals surface area contributed by atoms with Gasteiger partial charge in [0, 0.05) is 25.2 Å². The molecule has 1 amide bonds. The molecule has 0 aliphatic carbocycles. The van der Waals surface area contributed by atoms with Gasteiger partial charge < -0.3 is 16.8 Å². The average Bonchev–Trinajstić information content (AvgIpc) is 2.18. The minimum absolute atomic E-state index is 0.0679. The highest BCUT2D eigenvalue weighted by atomic mass is 16.1. The molecule has 1 aromatic rings. The predicted octanol–water partition coefficient (Wildman–Crippen LogP) is 0.433. The van der Waals surface area contributed by atoms with Crippen LogP contribution in [0.15, 0.2) is 24.3 Å². The molecule has 0 unspecified atom stereocenters. The standard InChI is InChI=1S/C10H15N3O/c11-5-4-10(14)13-9-3-1-2-8(6-9)7-12/h1-3,6H,4-5,7,11-12H2,(H,13,14). The SMILES string of the molecule is NCCC(=O)Nc1cccc(CN)c1. The van der Waals surface area contributed by atoms with Crippen molar-refractivity contribution in [2.24, 2.45) is 11.5 Å². The van der Waals surface area contributed by atoms with Gasteiger partial charge in [0.05, 0.1) is 0 Å². The van der Waals surface area contributed by atoms with Crippen LogP contribution in [0.3, 0.4) is 0 Å². The van der Waals surface area contributed by atoms with Gasteiger partial charge in [-0.1, -0.05) is 12.1 Å². The average molecular weight is 193 g/mol. The second-order valence-electron chi connectivity index (χ2n) is 2.99. The van der Waals surface area contributed by atoms with Crippen molar-refractivity contribution in [1.82, 2.24) is 0 Å². The van der Waals surface area contributed by atoms with Crippen LogP contribution in [0.25, 0.3) is 0 Å². The van der Waals surface area contributed by atoms with Crippen LogP contribution in [0.2, 0.25) is 0 Å². The van der Waals surface area contributed by atoms with Crippen molar-refractivity contribution in [3.8, 4) is 0 Å². The molecule has 0 bridgehead atoms. The van der Waals surface area contributed by atoms with Crippen LogP contribution in [0.5, 0.6) is 0 Å². The lowest BCUT2D eigenvalue weighted by atomic mass is 10.2. The Balaban J connectivity index is 2.62. The van der Waals surface area contributed by atoms with Gasteiger partial charge in [0.1, 0.15) is 0 Å². The lowest BCUT2D eigenvalue weighted by molar-refractivity contribution is -0.116. The first-order chi connectivity index (χ1) is 6.76. The molecular weight excluding hydrogens is 178 g/mol. The molecule has 14 heavy (non-hydrogen) atoms. The fourth-order valence-corrected chi connectivity index (χ4v) is 1.13. The maximum Gasteiger partial charge on any atom is 0.225 e. The Hall–Kier alpha value is -1.39. The van der Waals surface area contributed by atoms with Crippen molar-refractivity contribution >= 4 is 11.6 Å². The van der Waals surface area contributed by atoms with Gasteiger partial charge in [-0.15, -0.1) is 0 Å². The molecule has 1 rings (SSSR count). The molecule has 0 aliphatic heterocycles. The number of nitrogens with one attached hydrogen (secondary N) is 1. The van der Waals surface area contributed by atoms with Gasteiger partial charge in [0.25, 0.3) is 0 Å². The van der Waals surface area contributed by atoms with E-state index < -0.39 is 0 Å². The van der Waals surface area contributed by atoms with Gasteiger partial charge in [-0.3, -0.25) is 4.79 Å². The maximum absolute atomic E-state index is 11.2. The van der Waals surface area contributed by atoms with Crippen molar-refractivity contribution in [1.29, 1.82) is 0 Å². The second-order valence-corrected chi connectivity index (χ2v) is 2.99. The van der Waals surface area contributed by atoms with Crippen molar-refractivity contribution in [3.05, 3.63) is 29.8 Å². The Morgan fingerprint density at radius 1 is 1.36 bits per heavy atom. The number of rotatable bonds is 4. The highest BCUT2D eigenvalue weighted by molar-refractivity contribution is 5.90. The van der Waals surface area contributed by atoms with Crippen molar-refractivity contribution < 1.29 is 4.79 Å². The summed E-state index contributed by atoms with van der Waals surface area (Å²) < 4.78 is 0. The molecule has 1 aromatic carbocycles. The zero-order valence-electron chi connectivity index (χ0n) is 7.99. The zero-order chi connectivity index (χ0) is 10.4. The van der Waals surface area contributed by atoms with E-state index in [0.29, 0.717) is 19.5 Å². The Morgan fingerprint density at radius 3 is 2.79 bits per heavy atom. The summed E-state index contributed by atoms with van der Waals surface area (Å²) in [6.07, 6.45) is 0.340. The molecule has 0 heterocycles. The highest BCUT2D eigenvalue weighted by Crippen LogP contribution is 2.09. The molecule has 0 radical (unpaired) electrons. The van der Waals surface area contributed by atoms with E-state index >= 15 is 0 Å². The summed E-state index contributed by atoms with van der Waals surface area (Å²) in [5.74, 6) is -0.0679. The molecule has 0 aliphatic rings. The first kappa shape index (κ1) is 10.7. The largest absolute Gasteiger partial charge is 0.330 e. The second kappa shape index (κ2) is 5.36. The third kappa shape index (κ3) is 3.16. The molecule has 4 nitrogen and oxygen atoms in total.